The summed E-state index contributed by atoms with van der Waals surface area (Å²) in [5.74, 6) is 0.380. The van der Waals surface area contributed by atoms with Gasteiger partial charge in [-0.1, -0.05) is 17.7 Å². The van der Waals surface area contributed by atoms with Crippen molar-refractivity contribution in [3.8, 4) is 5.75 Å². The molecule has 9 heteroatoms. The smallest absolute Gasteiger partial charge is 0.338 e. The highest BCUT2D eigenvalue weighted by molar-refractivity contribution is 6.30. The van der Waals surface area contributed by atoms with Gasteiger partial charge in [0.25, 0.3) is 0 Å². The van der Waals surface area contributed by atoms with Crippen molar-refractivity contribution in [2.24, 2.45) is 0 Å². The molecule has 2 aromatic heterocycles. The van der Waals surface area contributed by atoms with E-state index in [1.807, 2.05) is 0 Å². The number of hydrogen-bond acceptors (Lipinski definition) is 6. The maximum absolute atomic E-state index is 13.1. The van der Waals surface area contributed by atoms with Crippen molar-refractivity contribution in [3.63, 3.8) is 0 Å². The first-order valence-corrected chi connectivity index (χ1v) is 9.76. The molecule has 2 N–H and O–H groups in total. The lowest BCUT2D eigenvalue weighted by molar-refractivity contribution is -0.141. The minimum Gasteiger partial charge on any atom is -0.487 e. The standard InChI is InChI=1S/C22H18ClN3O5/c23-15-3-1-4-16(11-15)30-13-18-19(21(27)31-12-17-5-2-10-29-17)20(26-22(28)25-18)14-6-8-24-9-7-14/h1-11,20H,12-13H2,(H2,25,26,28). The Morgan fingerprint density at radius 2 is 1.97 bits per heavy atom. The Morgan fingerprint density at radius 3 is 2.71 bits per heavy atom. The fourth-order valence-electron chi connectivity index (χ4n) is 3.10. The highest BCUT2D eigenvalue weighted by Gasteiger charge is 2.34. The normalized spacial score (nSPS) is 15.8. The molecule has 1 atom stereocenters. The monoisotopic (exact) mass is 439 g/mol. The van der Waals surface area contributed by atoms with Crippen LogP contribution in [0.25, 0.3) is 0 Å². The van der Waals surface area contributed by atoms with Gasteiger partial charge in [-0.3, -0.25) is 4.98 Å². The van der Waals surface area contributed by atoms with Gasteiger partial charge in [0, 0.05) is 17.4 Å². The molecule has 0 bridgehead atoms. The summed E-state index contributed by atoms with van der Waals surface area (Å²) >= 11 is 6.00. The van der Waals surface area contributed by atoms with Crippen LogP contribution in [0.3, 0.4) is 0 Å². The Bertz CT molecular complexity index is 1100. The van der Waals surface area contributed by atoms with Gasteiger partial charge in [0.05, 0.1) is 23.6 Å². The first kappa shape index (κ1) is 20.5. The molecule has 0 saturated heterocycles. The van der Waals surface area contributed by atoms with Crippen LogP contribution >= 0.6 is 11.6 Å². The van der Waals surface area contributed by atoms with Gasteiger partial charge in [0.15, 0.2) is 0 Å². The summed E-state index contributed by atoms with van der Waals surface area (Å²) in [6.45, 7) is -0.116. The number of ether oxygens (including phenoxy) is 2. The largest absolute Gasteiger partial charge is 0.487 e. The van der Waals surface area contributed by atoms with Crippen molar-refractivity contribution in [2.75, 3.05) is 6.61 Å². The summed E-state index contributed by atoms with van der Waals surface area (Å²) in [5, 5.41) is 5.92. The van der Waals surface area contributed by atoms with Crippen molar-refractivity contribution in [1.82, 2.24) is 15.6 Å². The third kappa shape index (κ3) is 5.04. The fraction of sp³-hybridized carbons (Fsp3) is 0.136. The summed E-state index contributed by atoms with van der Waals surface area (Å²) in [6, 6.07) is 12.5. The molecule has 3 aromatic rings. The molecule has 1 unspecified atom stereocenters. The zero-order valence-corrected chi connectivity index (χ0v) is 17.0. The number of rotatable bonds is 7. The van der Waals surface area contributed by atoms with Crippen LogP contribution in [0.15, 0.2) is 82.9 Å². The number of esters is 1. The molecule has 2 amide bonds. The van der Waals surface area contributed by atoms with E-state index in [0.29, 0.717) is 22.1 Å². The first-order chi connectivity index (χ1) is 15.1. The predicted octanol–water partition coefficient (Wildman–Crippen LogP) is 3.76. The number of hydrogen-bond donors (Lipinski definition) is 2. The number of nitrogens with zero attached hydrogens (tertiary/aromatic N) is 1. The van der Waals surface area contributed by atoms with E-state index in [1.165, 1.54) is 6.26 Å². The fourth-order valence-corrected chi connectivity index (χ4v) is 3.28. The van der Waals surface area contributed by atoms with E-state index < -0.39 is 18.0 Å². The van der Waals surface area contributed by atoms with Gasteiger partial charge in [-0.05, 0) is 48.0 Å². The third-order valence-corrected chi connectivity index (χ3v) is 4.75. The van der Waals surface area contributed by atoms with Crippen LogP contribution in [0, 0.1) is 0 Å². The minimum atomic E-state index is -0.737. The molecule has 0 radical (unpaired) electrons. The van der Waals surface area contributed by atoms with Gasteiger partial charge in [0.1, 0.15) is 24.7 Å². The van der Waals surface area contributed by atoms with E-state index in [-0.39, 0.29) is 24.5 Å². The maximum Gasteiger partial charge on any atom is 0.338 e. The number of pyridine rings is 1. The average molecular weight is 440 g/mol. The van der Waals surface area contributed by atoms with Crippen LogP contribution in [0.1, 0.15) is 17.4 Å². The quantitative estimate of drug-likeness (QED) is 0.543. The van der Waals surface area contributed by atoms with Crippen LogP contribution in [0.4, 0.5) is 4.79 Å². The lowest BCUT2D eigenvalue weighted by atomic mass is 9.96. The number of aromatic nitrogens is 1. The van der Waals surface area contributed by atoms with E-state index in [0.717, 1.165) is 0 Å². The highest BCUT2D eigenvalue weighted by Crippen LogP contribution is 2.28. The number of carbonyl (C=O) groups is 2. The summed E-state index contributed by atoms with van der Waals surface area (Å²) < 4.78 is 16.4. The number of carbonyl (C=O) groups excluding carboxylic acids is 2. The summed E-state index contributed by atoms with van der Waals surface area (Å²) in [7, 11) is 0. The zero-order valence-electron chi connectivity index (χ0n) is 16.2. The summed E-state index contributed by atoms with van der Waals surface area (Å²) in [5.41, 5.74) is 1.18. The molecular formula is C22H18ClN3O5. The SMILES string of the molecule is O=C1NC(COc2cccc(Cl)c2)=C(C(=O)OCc2ccco2)C(c2ccncc2)N1. The number of halogens is 1. The second kappa shape index (κ2) is 9.36. The molecule has 0 fully saturated rings. The second-order valence-electron chi connectivity index (χ2n) is 6.61. The third-order valence-electron chi connectivity index (χ3n) is 4.52. The van der Waals surface area contributed by atoms with Gasteiger partial charge in [0.2, 0.25) is 0 Å². The van der Waals surface area contributed by atoms with Crippen LogP contribution in [-0.4, -0.2) is 23.6 Å². The van der Waals surface area contributed by atoms with Gasteiger partial charge in [-0.2, -0.15) is 0 Å². The number of amides is 2. The minimum absolute atomic E-state index is 0.0468. The molecule has 8 nitrogen and oxygen atoms in total. The van der Waals surface area contributed by atoms with Gasteiger partial charge < -0.3 is 24.5 Å². The van der Waals surface area contributed by atoms with Crippen LogP contribution in [0.5, 0.6) is 5.75 Å². The number of benzene rings is 1. The van der Waals surface area contributed by atoms with Crippen molar-refractivity contribution in [3.05, 3.63) is 94.8 Å². The molecule has 31 heavy (non-hydrogen) atoms. The van der Waals surface area contributed by atoms with Crippen molar-refractivity contribution in [2.45, 2.75) is 12.6 Å². The van der Waals surface area contributed by atoms with Crippen LogP contribution < -0.4 is 15.4 Å². The van der Waals surface area contributed by atoms with E-state index in [1.54, 1.807) is 60.9 Å². The Balaban J connectivity index is 1.64. The molecule has 0 aliphatic carbocycles. The molecule has 1 aromatic carbocycles. The van der Waals surface area contributed by atoms with Crippen LogP contribution in [-0.2, 0) is 16.1 Å². The summed E-state index contributed by atoms with van der Waals surface area (Å²) in [6.07, 6.45) is 4.66. The van der Waals surface area contributed by atoms with Crippen molar-refractivity contribution < 1.29 is 23.5 Å². The molecule has 1 aliphatic heterocycles. The number of nitrogens with one attached hydrogen (secondary N) is 2. The predicted molar refractivity (Wildman–Crippen MR) is 111 cm³/mol. The average Bonchev–Trinajstić information content (AvgIpc) is 3.30. The lowest BCUT2D eigenvalue weighted by Crippen LogP contribution is -2.47. The Kier molecular flexibility index (Phi) is 6.18. The topological polar surface area (TPSA) is 103 Å². The molecule has 158 valence electrons. The van der Waals surface area contributed by atoms with E-state index in [9.17, 15) is 9.59 Å². The molecule has 3 heterocycles. The summed E-state index contributed by atoms with van der Waals surface area (Å²) in [4.78, 5) is 29.4. The van der Waals surface area contributed by atoms with Gasteiger partial charge >= 0.3 is 12.0 Å². The van der Waals surface area contributed by atoms with E-state index in [4.69, 9.17) is 25.5 Å². The number of urea groups is 1. The van der Waals surface area contributed by atoms with Gasteiger partial charge in [-0.25, -0.2) is 9.59 Å². The molecule has 0 saturated carbocycles. The lowest BCUT2D eigenvalue weighted by Gasteiger charge is -2.29. The Hall–Kier alpha value is -3.78. The molecule has 1 aliphatic rings. The second-order valence-corrected chi connectivity index (χ2v) is 7.04. The van der Waals surface area contributed by atoms with Crippen molar-refractivity contribution >= 4 is 23.6 Å². The highest BCUT2D eigenvalue weighted by atomic mass is 35.5. The number of furan rings is 1. The Labute approximate surface area is 182 Å². The van der Waals surface area contributed by atoms with Crippen molar-refractivity contribution in [1.29, 1.82) is 0 Å². The molecule has 0 spiro atoms. The zero-order chi connectivity index (χ0) is 21.6. The molecular weight excluding hydrogens is 422 g/mol. The molecule has 4 rings (SSSR count). The Morgan fingerprint density at radius 1 is 1.13 bits per heavy atom. The maximum atomic E-state index is 13.1. The first-order valence-electron chi connectivity index (χ1n) is 9.38. The van der Waals surface area contributed by atoms with Gasteiger partial charge in [-0.15, -0.1) is 0 Å². The van der Waals surface area contributed by atoms with E-state index in [2.05, 4.69) is 15.6 Å². The van der Waals surface area contributed by atoms with Crippen LogP contribution in [0.2, 0.25) is 5.02 Å². The van der Waals surface area contributed by atoms with E-state index >= 15 is 0 Å².